The van der Waals surface area contributed by atoms with Crippen molar-refractivity contribution in [1.29, 1.82) is 0 Å². The Balaban J connectivity index is 0.901. The predicted molar refractivity (Wildman–Crippen MR) is 210 cm³/mol. The van der Waals surface area contributed by atoms with E-state index < -0.39 is 6.04 Å². The number of piperidine rings is 3. The summed E-state index contributed by atoms with van der Waals surface area (Å²) >= 11 is 0. The van der Waals surface area contributed by atoms with Crippen molar-refractivity contribution in [3.05, 3.63) is 88.6 Å². The number of imidazole rings is 1. The number of nitrogens with one attached hydrogen (secondary N) is 2. The number of ketones is 1. The van der Waals surface area contributed by atoms with Crippen LogP contribution in [0, 0.1) is 12.8 Å². The predicted octanol–water partition coefficient (Wildman–Crippen LogP) is 5.89. The third-order valence-corrected chi connectivity index (χ3v) is 12.5. The minimum Gasteiger partial charge on any atom is -0.341 e. The first-order valence-corrected chi connectivity index (χ1v) is 20.2. The summed E-state index contributed by atoms with van der Waals surface area (Å²) < 4.78 is 2.33. The van der Waals surface area contributed by atoms with E-state index in [0.717, 1.165) is 103 Å². The maximum atomic E-state index is 14.4. The lowest BCUT2D eigenvalue weighted by Crippen LogP contribution is -2.56. The van der Waals surface area contributed by atoms with Crippen LogP contribution >= 0.6 is 0 Å². The molecule has 1 aliphatic carbocycles. The molecule has 1 atom stereocenters. The minimum absolute atomic E-state index is 0.0141. The number of nitrogens with zero attached hydrogens (tertiary/aromatic N) is 6. The van der Waals surface area contributed by atoms with Gasteiger partial charge >= 0.3 is 6.03 Å². The van der Waals surface area contributed by atoms with Crippen LogP contribution in [-0.2, 0) is 29.0 Å². The average Bonchev–Trinajstić information content (AvgIpc) is 3.88. The van der Waals surface area contributed by atoms with Gasteiger partial charge in [-0.1, -0.05) is 37.3 Å². The molecule has 8 rings (SSSR count). The molecule has 4 aromatic rings. The van der Waals surface area contributed by atoms with Crippen LogP contribution in [0.1, 0.15) is 85.9 Å². The number of aromatic amines is 1. The summed E-state index contributed by atoms with van der Waals surface area (Å²) in [7, 11) is 0. The first-order chi connectivity index (χ1) is 26.3. The van der Waals surface area contributed by atoms with Gasteiger partial charge in [-0.2, -0.15) is 5.10 Å². The number of aromatic nitrogens is 4. The summed E-state index contributed by atoms with van der Waals surface area (Å²) in [5.74, 6) is 2.05. The second kappa shape index (κ2) is 15.9. The van der Waals surface area contributed by atoms with Crippen LogP contribution in [0.2, 0.25) is 0 Å². The topological polar surface area (TPSA) is 119 Å². The number of amides is 3. The summed E-state index contributed by atoms with van der Waals surface area (Å²) in [6.07, 6.45) is 15.5. The Bertz CT molecular complexity index is 2010. The molecule has 11 nitrogen and oxygen atoms in total. The summed E-state index contributed by atoms with van der Waals surface area (Å²) in [6.45, 7) is 9.88. The number of H-pyrrole nitrogens is 1. The van der Waals surface area contributed by atoms with E-state index in [1.807, 2.05) is 47.3 Å². The molecule has 0 spiro atoms. The quantitative estimate of drug-likeness (QED) is 0.222. The summed E-state index contributed by atoms with van der Waals surface area (Å²) in [5.41, 5.74) is 6.14. The third-order valence-electron chi connectivity index (χ3n) is 12.5. The monoisotopic (exact) mass is 730 g/mol. The maximum absolute atomic E-state index is 14.4. The molecule has 3 amide bonds. The van der Waals surface area contributed by atoms with Crippen molar-refractivity contribution in [3.63, 3.8) is 0 Å². The number of urea groups is 1. The van der Waals surface area contributed by atoms with E-state index in [0.29, 0.717) is 51.0 Å². The fraction of sp³-hybridized carbons (Fsp3) is 0.512. The number of rotatable bonds is 9. The number of hydrogen-bond acceptors (Lipinski definition) is 6. The zero-order valence-corrected chi connectivity index (χ0v) is 31.8. The fourth-order valence-corrected chi connectivity index (χ4v) is 9.51. The lowest BCUT2D eigenvalue weighted by molar-refractivity contribution is -0.135. The smallest absolute Gasteiger partial charge is 0.318 e. The van der Waals surface area contributed by atoms with Crippen LogP contribution in [-0.4, -0.2) is 104 Å². The Labute approximate surface area is 318 Å². The van der Waals surface area contributed by atoms with Gasteiger partial charge in [0.1, 0.15) is 11.9 Å². The third kappa shape index (κ3) is 7.60. The number of carbonyl (C=O) groups is 3. The number of hydrogen-bond donors (Lipinski definition) is 2. The van der Waals surface area contributed by atoms with E-state index in [9.17, 15) is 14.4 Å². The summed E-state index contributed by atoms with van der Waals surface area (Å²) in [4.78, 5) is 52.5. The molecule has 2 aromatic carbocycles. The molecule has 3 saturated heterocycles. The van der Waals surface area contributed by atoms with E-state index in [1.54, 1.807) is 0 Å². The van der Waals surface area contributed by atoms with Crippen LogP contribution in [0.25, 0.3) is 17.0 Å². The Morgan fingerprint density at radius 3 is 2.46 bits per heavy atom. The van der Waals surface area contributed by atoms with Gasteiger partial charge in [0.15, 0.2) is 5.78 Å². The lowest BCUT2D eigenvalue weighted by Gasteiger charge is -2.42. The van der Waals surface area contributed by atoms with Gasteiger partial charge in [-0.15, -0.1) is 0 Å². The highest BCUT2D eigenvalue weighted by Crippen LogP contribution is 2.33. The Hall–Kier alpha value is -4.77. The van der Waals surface area contributed by atoms with Gasteiger partial charge in [-0.05, 0) is 111 Å². The van der Waals surface area contributed by atoms with Crippen molar-refractivity contribution in [3.8, 4) is 0 Å². The van der Waals surface area contributed by atoms with Crippen molar-refractivity contribution >= 4 is 34.7 Å². The molecule has 2 aromatic heterocycles. The van der Waals surface area contributed by atoms with Crippen molar-refractivity contribution in [1.82, 2.24) is 39.8 Å². The van der Waals surface area contributed by atoms with Gasteiger partial charge in [0.05, 0.1) is 11.7 Å². The van der Waals surface area contributed by atoms with Gasteiger partial charge in [0, 0.05) is 75.3 Å². The largest absolute Gasteiger partial charge is 0.341 e. The van der Waals surface area contributed by atoms with Crippen LogP contribution in [0.3, 0.4) is 0 Å². The fourth-order valence-electron chi connectivity index (χ4n) is 9.51. The number of fused-ring (bicyclic) bond motifs is 2. The second-order valence-corrected chi connectivity index (χ2v) is 16.0. The second-order valence-electron chi connectivity index (χ2n) is 16.0. The normalized spacial score (nSPS) is 19.9. The molecule has 11 heteroatoms. The molecule has 2 N–H and O–H groups in total. The first kappa shape index (κ1) is 36.2. The lowest BCUT2D eigenvalue weighted by atomic mass is 9.80. The van der Waals surface area contributed by atoms with Gasteiger partial charge in [0.25, 0.3) is 0 Å². The number of Topliss-reactive ketones (excluding diaryl/α,β-unsaturated/α-hetero) is 1. The molecular formula is C43H54N8O3. The Morgan fingerprint density at radius 1 is 0.944 bits per heavy atom. The highest BCUT2D eigenvalue weighted by molar-refractivity contribution is 6.04. The Kier molecular flexibility index (Phi) is 10.7. The zero-order valence-electron chi connectivity index (χ0n) is 31.8. The van der Waals surface area contributed by atoms with E-state index >= 15 is 0 Å². The average molecular weight is 731 g/mol. The highest BCUT2D eigenvalue weighted by atomic mass is 16.2. The highest BCUT2D eigenvalue weighted by Gasteiger charge is 2.36. The molecule has 3 fully saturated rings. The van der Waals surface area contributed by atoms with Gasteiger partial charge < -0.3 is 24.6 Å². The van der Waals surface area contributed by atoms with Gasteiger partial charge in [-0.25, -0.2) is 9.78 Å². The van der Waals surface area contributed by atoms with Crippen molar-refractivity contribution < 1.29 is 14.4 Å². The van der Waals surface area contributed by atoms with E-state index in [4.69, 9.17) is 4.98 Å². The van der Waals surface area contributed by atoms with Crippen LogP contribution < -0.4 is 5.32 Å². The van der Waals surface area contributed by atoms with Gasteiger partial charge in [-0.3, -0.25) is 14.7 Å². The standard InChI is InChI=1S/C43H54N8O3/c1-3-15-49-22-14-44-41(49)32-10-16-48(17-11-32)36-12-20-50(21-13-36)42(53)38(25-30-23-29(2)40-35(24-30)28-45-47-40)46-43(54)51-18-8-31(9-19-51)37-26-33-6-4-5-7-34(33)27-39(37)52/h4-7,14,22-24,26,28,31-32,36,38H,3,8-13,15-21,25,27H2,1-2H3,(H,45,47)(H,46,54)/t38-/m1/s1. The first-order valence-electron chi connectivity index (χ1n) is 20.2. The number of aryl methyl sites for hydroxylation is 2. The van der Waals surface area contributed by atoms with Crippen molar-refractivity contribution in [2.24, 2.45) is 5.92 Å². The number of carbonyl (C=O) groups excluding carboxylic acids is 3. The van der Waals surface area contributed by atoms with Crippen molar-refractivity contribution in [2.45, 2.75) is 96.2 Å². The Morgan fingerprint density at radius 2 is 1.69 bits per heavy atom. The molecule has 54 heavy (non-hydrogen) atoms. The van der Waals surface area contributed by atoms with E-state index in [2.05, 4.69) is 62.4 Å². The number of likely N-dealkylation sites (tertiary alicyclic amines) is 3. The SMILES string of the molecule is CCCn1ccnc1C1CCN(C2CCN(C(=O)[C@@H](Cc3cc(C)c4[nH]ncc4c3)NC(=O)N3CCC(C4=Cc5ccccc5CC4=O)CC3)CC2)CC1. The molecule has 0 radical (unpaired) electrons. The number of allylic oxidation sites excluding steroid dienone is 1. The van der Waals surface area contributed by atoms with Crippen LogP contribution in [0.15, 0.2) is 60.6 Å². The van der Waals surface area contributed by atoms with E-state index in [-0.39, 0.29) is 23.6 Å². The zero-order chi connectivity index (χ0) is 37.2. The van der Waals surface area contributed by atoms with Gasteiger partial charge in [0.2, 0.25) is 5.91 Å². The molecule has 0 saturated carbocycles. The van der Waals surface area contributed by atoms with Crippen LogP contribution in [0.4, 0.5) is 4.79 Å². The van der Waals surface area contributed by atoms with Crippen LogP contribution in [0.5, 0.6) is 0 Å². The molecule has 3 aliphatic heterocycles. The maximum Gasteiger partial charge on any atom is 0.318 e. The minimum atomic E-state index is -0.683. The molecule has 284 valence electrons. The molecule has 0 bridgehead atoms. The molecule has 5 heterocycles. The number of benzene rings is 2. The molecular weight excluding hydrogens is 677 g/mol. The van der Waals surface area contributed by atoms with Crippen molar-refractivity contribution in [2.75, 3.05) is 39.3 Å². The van der Waals surface area contributed by atoms with E-state index in [1.165, 1.54) is 5.82 Å². The molecule has 0 unspecified atom stereocenters. The summed E-state index contributed by atoms with van der Waals surface area (Å²) in [6, 6.07) is 11.8. The summed E-state index contributed by atoms with van der Waals surface area (Å²) in [5, 5.41) is 11.5. The molecule has 4 aliphatic rings.